The van der Waals surface area contributed by atoms with E-state index in [1.165, 1.54) is 0 Å². The van der Waals surface area contributed by atoms with Crippen LogP contribution in [-0.4, -0.2) is 20.0 Å². The van der Waals surface area contributed by atoms with Gasteiger partial charge in [0.2, 0.25) is 0 Å². The van der Waals surface area contributed by atoms with Gasteiger partial charge >= 0.3 is 0 Å². The first-order valence-corrected chi connectivity index (χ1v) is 5.88. The number of halogens is 2. The summed E-state index contributed by atoms with van der Waals surface area (Å²) in [5, 5.41) is 0. The monoisotopic (exact) mass is 336 g/mol. The molecule has 82 valence electrons. The highest BCUT2D eigenvalue weighted by molar-refractivity contribution is 9.13. The number of rotatable bonds is 4. The molecule has 1 aromatic rings. The van der Waals surface area contributed by atoms with Crippen molar-refractivity contribution in [3.05, 3.63) is 20.6 Å². The summed E-state index contributed by atoms with van der Waals surface area (Å²) in [5.74, 6) is 1.13. The Morgan fingerprint density at radius 3 is 2.53 bits per heavy atom. The fraction of sp³-hybridized carbons (Fsp3) is 0.300. The van der Waals surface area contributed by atoms with Crippen molar-refractivity contribution in [1.82, 2.24) is 0 Å². The Morgan fingerprint density at radius 1 is 1.40 bits per heavy atom. The maximum absolute atomic E-state index is 10.8. The van der Waals surface area contributed by atoms with Crippen molar-refractivity contribution in [3.63, 3.8) is 0 Å². The van der Waals surface area contributed by atoms with E-state index in [1.807, 2.05) is 6.92 Å². The number of benzene rings is 1. The van der Waals surface area contributed by atoms with Gasteiger partial charge in [0.15, 0.2) is 17.8 Å². The number of hydrogen-bond acceptors (Lipinski definition) is 3. The molecule has 0 saturated carbocycles. The predicted molar refractivity (Wildman–Crippen MR) is 65.0 cm³/mol. The first-order chi connectivity index (χ1) is 7.15. The minimum Gasteiger partial charge on any atom is -0.492 e. The standard InChI is InChI=1S/C10H10Br2O3/c1-3-15-7-4-6(5-13)8(11)9(12)10(7)14-2/h4-5H,3H2,1-2H3. The van der Waals surface area contributed by atoms with E-state index in [4.69, 9.17) is 9.47 Å². The zero-order valence-corrected chi connectivity index (χ0v) is 11.5. The molecule has 0 aliphatic carbocycles. The number of aldehydes is 1. The van der Waals surface area contributed by atoms with Crippen LogP contribution >= 0.6 is 31.9 Å². The van der Waals surface area contributed by atoms with Gasteiger partial charge in [0.05, 0.1) is 18.2 Å². The molecule has 0 amide bonds. The molecule has 0 saturated heterocycles. The van der Waals surface area contributed by atoms with Gasteiger partial charge in [0.1, 0.15) is 0 Å². The molecule has 1 aromatic carbocycles. The minimum atomic E-state index is 0.517. The largest absolute Gasteiger partial charge is 0.492 e. The van der Waals surface area contributed by atoms with Gasteiger partial charge in [-0.1, -0.05) is 0 Å². The molecule has 3 nitrogen and oxygen atoms in total. The highest BCUT2D eigenvalue weighted by atomic mass is 79.9. The summed E-state index contributed by atoms with van der Waals surface area (Å²) in [6.07, 6.45) is 0.761. The van der Waals surface area contributed by atoms with Crippen LogP contribution in [0.15, 0.2) is 15.0 Å². The van der Waals surface area contributed by atoms with Crippen LogP contribution < -0.4 is 9.47 Å². The lowest BCUT2D eigenvalue weighted by atomic mass is 10.2. The van der Waals surface area contributed by atoms with Crippen LogP contribution in [0, 0.1) is 0 Å². The van der Waals surface area contributed by atoms with Crippen LogP contribution in [0.25, 0.3) is 0 Å². The molecule has 0 aliphatic heterocycles. The van der Waals surface area contributed by atoms with Crippen molar-refractivity contribution in [2.75, 3.05) is 13.7 Å². The fourth-order valence-electron chi connectivity index (χ4n) is 1.14. The summed E-state index contributed by atoms with van der Waals surface area (Å²) in [7, 11) is 1.55. The molecule has 0 spiro atoms. The molecule has 0 atom stereocenters. The molecule has 0 radical (unpaired) electrons. The van der Waals surface area contributed by atoms with Crippen molar-refractivity contribution in [2.24, 2.45) is 0 Å². The lowest BCUT2D eigenvalue weighted by Crippen LogP contribution is -1.98. The average Bonchev–Trinajstić information content (AvgIpc) is 2.24. The van der Waals surface area contributed by atoms with Gasteiger partial charge in [-0.05, 0) is 44.8 Å². The van der Waals surface area contributed by atoms with Gasteiger partial charge in [0.25, 0.3) is 0 Å². The van der Waals surface area contributed by atoms with Gasteiger partial charge in [-0.25, -0.2) is 0 Å². The van der Waals surface area contributed by atoms with Crippen LogP contribution in [0.1, 0.15) is 17.3 Å². The average molecular weight is 338 g/mol. The summed E-state index contributed by atoms with van der Waals surface area (Å²) in [5.41, 5.74) is 0.520. The summed E-state index contributed by atoms with van der Waals surface area (Å²) >= 11 is 6.65. The maximum Gasteiger partial charge on any atom is 0.176 e. The molecule has 0 aromatic heterocycles. The van der Waals surface area contributed by atoms with Crippen LogP contribution in [0.2, 0.25) is 0 Å². The zero-order chi connectivity index (χ0) is 11.4. The molecule has 15 heavy (non-hydrogen) atoms. The van der Waals surface area contributed by atoms with Crippen molar-refractivity contribution in [3.8, 4) is 11.5 Å². The molecule has 0 heterocycles. The van der Waals surface area contributed by atoms with E-state index >= 15 is 0 Å². The molecule has 0 unspecified atom stereocenters. The van der Waals surface area contributed by atoms with Crippen LogP contribution in [0.5, 0.6) is 11.5 Å². The van der Waals surface area contributed by atoms with E-state index < -0.39 is 0 Å². The van der Waals surface area contributed by atoms with Crippen molar-refractivity contribution >= 4 is 38.1 Å². The third kappa shape index (κ3) is 2.52. The third-order valence-corrected chi connectivity index (χ3v) is 3.93. The van der Waals surface area contributed by atoms with Gasteiger partial charge in [0, 0.05) is 10.0 Å². The highest BCUT2D eigenvalue weighted by Crippen LogP contribution is 2.42. The molecule has 0 fully saturated rings. The Hall–Kier alpha value is -0.550. The second kappa shape index (κ2) is 5.51. The number of ether oxygens (including phenoxy) is 2. The first-order valence-electron chi connectivity index (χ1n) is 4.29. The van der Waals surface area contributed by atoms with Crippen LogP contribution in [0.3, 0.4) is 0 Å². The Kier molecular flexibility index (Phi) is 4.60. The maximum atomic E-state index is 10.8. The molecule has 5 heteroatoms. The minimum absolute atomic E-state index is 0.517. The zero-order valence-electron chi connectivity index (χ0n) is 8.34. The summed E-state index contributed by atoms with van der Waals surface area (Å²) in [6, 6.07) is 1.64. The van der Waals surface area contributed by atoms with E-state index in [2.05, 4.69) is 31.9 Å². The van der Waals surface area contributed by atoms with Gasteiger partial charge in [-0.3, -0.25) is 4.79 Å². The quantitative estimate of drug-likeness (QED) is 0.789. The molecule has 0 aliphatic rings. The Balaban J connectivity index is 3.36. The Bertz CT molecular complexity index is 377. The number of methoxy groups -OCH3 is 1. The number of carbonyl (C=O) groups excluding carboxylic acids is 1. The highest BCUT2D eigenvalue weighted by Gasteiger charge is 2.15. The number of carbonyl (C=O) groups is 1. The summed E-state index contributed by atoms with van der Waals surface area (Å²) in [4.78, 5) is 10.8. The smallest absolute Gasteiger partial charge is 0.176 e. The summed E-state index contributed by atoms with van der Waals surface area (Å²) in [6.45, 7) is 2.39. The molecular weight excluding hydrogens is 328 g/mol. The number of hydrogen-bond donors (Lipinski definition) is 0. The molecular formula is C10H10Br2O3. The summed E-state index contributed by atoms with van der Waals surface area (Å²) < 4.78 is 11.9. The second-order valence-electron chi connectivity index (χ2n) is 2.68. The van der Waals surface area contributed by atoms with E-state index in [1.54, 1.807) is 13.2 Å². The second-order valence-corrected chi connectivity index (χ2v) is 4.26. The van der Waals surface area contributed by atoms with Crippen molar-refractivity contribution in [2.45, 2.75) is 6.92 Å². The van der Waals surface area contributed by atoms with Gasteiger partial charge in [-0.2, -0.15) is 0 Å². The van der Waals surface area contributed by atoms with E-state index in [0.29, 0.717) is 32.6 Å². The van der Waals surface area contributed by atoms with E-state index in [0.717, 1.165) is 6.29 Å². The predicted octanol–water partition coefficient (Wildman–Crippen LogP) is 3.43. The molecule has 0 N–H and O–H groups in total. The molecule has 0 bridgehead atoms. The Labute approximate surface area is 105 Å². The van der Waals surface area contributed by atoms with Crippen LogP contribution in [-0.2, 0) is 0 Å². The first kappa shape index (κ1) is 12.5. The third-order valence-electron chi connectivity index (χ3n) is 1.79. The fourth-order valence-corrected chi connectivity index (χ4v) is 2.12. The van der Waals surface area contributed by atoms with Gasteiger partial charge < -0.3 is 9.47 Å². The van der Waals surface area contributed by atoms with Gasteiger partial charge in [-0.15, -0.1) is 0 Å². The van der Waals surface area contributed by atoms with E-state index in [-0.39, 0.29) is 0 Å². The normalized spacial score (nSPS) is 9.87. The van der Waals surface area contributed by atoms with Crippen molar-refractivity contribution < 1.29 is 14.3 Å². The SMILES string of the molecule is CCOc1cc(C=O)c(Br)c(Br)c1OC. The lowest BCUT2D eigenvalue weighted by Gasteiger charge is -2.13. The molecule has 1 rings (SSSR count). The van der Waals surface area contributed by atoms with Crippen molar-refractivity contribution in [1.29, 1.82) is 0 Å². The Morgan fingerprint density at radius 2 is 2.07 bits per heavy atom. The topological polar surface area (TPSA) is 35.5 Å². The van der Waals surface area contributed by atoms with E-state index in [9.17, 15) is 4.79 Å². The van der Waals surface area contributed by atoms with Crippen LogP contribution in [0.4, 0.5) is 0 Å². The lowest BCUT2D eigenvalue weighted by molar-refractivity contribution is 0.112.